The van der Waals surface area contributed by atoms with Crippen molar-refractivity contribution in [3.8, 4) is 0 Å². The van der Waals surface area contributed by atoms with Crippen LogP contribution in [0.25, 0.3) is 0 Å². The number of hydrogen-bond donors (Lipinski definition) is 2. The lowest BCUT2D eigenvalue weighted by Crippen LogP contribution is -2.37. The molecule has 0 aliphatic heterocycles. The van der Waals surface area contributed by atoms with Crippen LogP contribution in [0, 0.1) is 12.8 Å². The number of aryl methyl sites for hydroxylation is 1. The number of nitrogens with zero attached hydrogens (tertiary/aromatic N) is 2. The highest BCUT2D eigenvalue weighted by Gasteiger charge is 2.12. The number of aromatic nitrogens is 1. The Kier molecular flexibility index (Phi) is 10.0. The summed E-state index contributed by atoms with van der Waals surface area (Å²) >= 11 is 1.69. The summed E-state index contributed by atoms with van der Waals surface area (Å²) in [5.74, 6) is 1.86. The Bertz CT molecular complexity index is 441. The van der Waals surface area contributed by atoms with E-state index >= 15 is 0 Å². The van der Waals surface area contributed by atoms with Crippen LogP contribution in [-0.2, 0) is 6.54 Å². The van der Waals surface area contributed by atoms with Gasteiger partial charge in [-0.3, -0.25) is 4.99 Å². The van der Waals surface area contributed by atoms with E-state index in [9.17, 15) is 0 Å². The number of guanidine groups is 1. The highest BCUT2D eigenvalue weighted by Crippen LogP contribution is 2.26. The fraction of sp³-hybridized carbons (Fsp3) is 0.750. The SMILES string of the molecule is CN=C(NCCCC1CCCCC1)NCc1scnc1C.I. The second kappa shape index (κ2) is 11.2. The van der Waals surface area contributed by atoms with Crippen molar-refractivity contribution in [1.82, 2.24) is 15.6 Å². The predicted octanol–water partition coefficient (Wildman–Crippen LogP) is 4.10. The Labute approximate surface area is 155 Å². The van der Waals surface area contributed by atoms with Crippen molar-refractivity contribution >= 4 is 41.3 Å². The van der Waals surface area contributed by atoms with Crippen LogP contribution in [0.5, 0.6) is 0 Å². The third kappa shape index (κ3) is 6.81. The molecule has 1 aliphatic rings. The molecule has 1 aromatic heterocycles. The number of nitrogens with one attached hydrogen (secondary N) is 2. The van der Waals surface area contributed by atoms with Crippen LogP contribution in [-0.4, -0.2) is 24.5 Å². The van der Waals surface area contributed by atoms with Crippen molar-refractivity contribution in [2.45, 2.75) is 58.4 Å². The van der Waals surface area contributed by atoms with Gasteiger partial charge in [-0.25, -0.2) is 4.98 Å². The highest BCUT2D eigenvalue weighted by molar-refractivity contribution is 14.0. The van der Waals surface area contributed by atoms with Crippen LogP contribution in [0.4, 0.5) is 0 Å². The van der Waals surface area contributed by atoms with Crippen molar-refractivity contribution in [2.24, 2.45) is 10.9 Å². The molecule has 0 spiro atoms. The lowest BCUT2D eigenvalue weighted by atomic mass is 9.86. The van der Waals surface area contributed by atoms with E-state index < -0.39 is 0 Å². The van der Waals surface area contributed by atoms with Gasteiger partial charge >= 0.3 is 0 Å². The molecule has 4 nitrogen and oxygen atoms in total. The van der Waals surface area contributed by atoms with Gasteiger partial charge in [0.1, 0.15) is 0 Å². The Balaban J connectivity index is 0.00000242. The first-order valence-electron chi connectivity index (χ1n) is 8.13. The maximum Gasteiger partial charge on any atom is 0.191 e. The molecule has 6 heteroatoms. The zero-order valence-electron chi connectivity index (χ0n) is 13.7. The van der Waals surface area contributed by atoms with Gasteiger partial charge in [0.25, 0.3) is 0 Å². The lowest BCUT2D eigenvalue weighted by molar-refractivity contribution is 0.332. The molecule has 0 amide bonds. The Morgan fingerprint density at radius 3 is 2.73 bits per heavy atom. The zero-order chi connectivity index (χ0) is 14.9. The summed E-state index contributed by atoms with van der Waals surface area (Å²) in [5, 5.41) is 6.77. The van der Waals surface area contributed by atoms with E-state index in [1.807, 2.05) is 19.5 Å². The molecule has 1 fully saturated rings. The normalized spacial score (nSPS) is 16.2. The average molecular weight is 436 g/mol. The second-order valence-electron chi connectivity index (χ2n) is 5.86. The lowest BCUT2D eigenvalue weighted by Gasteiger charge is -2.21. The van der Waals surface area contributed by atoms with Crippen LogP contribution >= 0.6 is 35.3 Å². The van der Waals surface area contributed by atoms with E-state index in [2.05, 4.69) is 20.6 Å². The highest BCUT2D eigenvalue weighted by atomic mass is 127. The Hall–Kier alpha value is -0.370. The number of hydrogen-bond acceptors (Lipinski definition) is 3. The molecule has 0 atom stereocenters. The van der Waals surface area contributed by atoms with Crippen molar-refractivity contribution < 1.29 is 0 Å². The molecule has 1 saturated carbocycles. The molecule has 126 valence electrons. The zero-order valence-corrected chi connectivity index (χ0v) is 16.9. The third-order valence-electron chi connectivity index (χ3n) is 4.29. The Morgan fingerprint density at radius 2 is 2.09 bits per heavy atom. The standard InChI is InChI=1S/C16H28N4S.HI/c1-13-15(21-12-20-13)11-19-16(17-2)18-10-6-9-14-7-4-3-5-8-14;/h12,14H,3-11H2,1-2H3,(H2,17,18,19);1H. The summed E-state index contributed by atoms with van der Waals surface area (Å²) in [7, 11) is 1.83. The monoisotopic (exact) mass is 436 g/mol. The quantitative estimate of drug-likeness (QED) is 0.306. The van der Waals surface area contributed by atoms with E-state index in [4.69, 9.17) is 0 Å². The summed E-state index contributed by atoms with van der Waals surface area (Å²) < 4.78 is 0. The first kappa shape index (κ1) is 19.7. The smallest absolute Gasteiger partial charge is 0.191 e. The molecule has 1 aromatic rings. The van der Waals surface area contributed by atoms with Gasteiger partial charge in [-0.15, -0.1) is 35.3 Å². The molecule has 22 heavy (non-hydrogen) atoms. The van der Waals surface area contributed by atoms with Crippen LogP contribution in [0.3, 0.4) is 0 Å². The third-order valence-corrected chi connectivity index (χ3v) is 5.23. The number of aliphatic imine (C=N–C) groups is 1. The molecule has 0 radical (unpaired) electrons. The van der Waals surface area contributed by atoms with E-state index in [0.717, 1.165) is 30.7 Å². The van der Waals surface area contributed by atoms with Crippen molar-refractivity contribution in [3.05, 3.63) is 16.1 Å². The number of halogens is 1. The van der Waals surface area contributed by atoms with Crippen molar-refractivity contribution in [3.63, 3.8) is 0 Å². The van der Waals surface area contributed by atoms with E-state index in [1.165, 1.54) is 49.8 Å². The fourth-order valence-corrected chi connectivity index (χ4v) is 3.67. The molecule has 1 aliphatic carbocycles. The van der Waals surface area contributed by atoms with Gasteiger partial charge in [-0.05, 0) is 25.7 Å². The minimum atomic E-state index is 0. The summed E-state index contributed by atoms with van der Waals surface area (Å²) in [6, 6.07) is 0. The fourth-order valence-electron chi connectivity index (χ4n) is 2.95. The van der Waals surface area contributed by atoms with E-state index in [1.54, 1.807) is 11.3 Å². The topological polar surface area (TPSA) is 49.3 Å². The van der Waals surface area contributed by atoms with Crippen LogP contribution in [0.1, 0.15) is 55.5 Å². The predicted molar refractivity (Wildman–Crippen MR) is 106 cm³/mol. The van der Waals surface area contributed by atoms with Crippen LogP contribution in [0.2, 0.25) is 0 Å². The largest absolute Gasteiger partial charge is 0.356 e. The van der Waals surface area contributed by atoms with Gasteiger partial charge in [-0.2, -0.15) is 0 Å². The van der Waals surface area contributed by atoms with Crippen molar-refractivity contribution in [1.29, 1.82) is 0 Å². The van der Waals surface area contributed by atoms with Gasteiger partial charge in [0, 0.05) is 18.5 Å². The van der Waals surface area contributed by atoms with Gasteiger partial charge in [-0.1, -0.05) is 32.1 Å². The molecule has 1 heterocycles. The molecule has 2 N–H and O–H groups in total. The summed E-state index contributed by atoms with van der Waals surface area (Å²) in [5.41, 5.74) is 3.01. The first-order valence-corrected chi connectivity index (χ1v) is 9.01. The summed E-state index contributed by atoms with van der Waals surface area (Å²) in [6.07, 6.45) is 9.81. The minimum absolute atomic E-state index is 0. The molecule has 0 unspecified atom stereocenters. The summed E-state index contributed by atoms with van der Waals surface area (Å²) in [6.45, 7) is 3.87. The second-order valence-corrected chi connectivity index (χ2v) is 6.80. The molecule has 0 bridgehead atoms. The minimum Gasteiger partial charge on any atom is -0.356 e. The Morgan fingerprint density at radius 1 is 1.32 bits per heavy atom. The van der Waals surface area contributed by atoms with Gasteiger partial charge in [0.15, 0.2) is 5.96 Å². The molecular weight excluding hydrogens is 407 g/mol. The molecular formula is C16H29IN4S. The van der Waals surface area contributed by atoms with E-state index in [0.29, 0.717) is 0 Å². The number of thiazole rings is 1. The maximum atomic E-state index is 4.28. The number of rotatable bonds is 6. The molecule has 0 saturated heterocycles. The average Bonchev–Trinajstić information content (AvgIpc) is 2.93. The van der Waals surface area contributed by atoms with Gasteiger partial charge < -0.3 is 10.6 Å². The van der Waals surface area contributed by atoms with Crippen molar-refractivity contribution in [2.75, 3.05) is 13.6 Å². The molecule has 2 rings (SSSR count). The first-order chi connectivity index (χ1) is 10.3. The summed E-state index contributed by atoms with van der Waals surface area (Å²) in [4.78, 5) is 9.82. The van der Waals surface area contributed by atoms with Gasteiger partial charge in [0.05, 0.1) is 17.7 Å². The van der Waals surface area contributed by atoms with Gasteiger partial charge in [0.2, 0.25) is 0 Å². The van der Waals surface area contributed by atoms with E-state index in [-0.39, 0.29) is 24.0 Å². The maximum absolute atomic E-state index is 4.28. The molecule has 0 aromatic carbocycles. The van der Waals surface area contributed by atoms with Crippen LogP contribution in [0.15, 0.2) is 10.5 Å². The van der Waals surface area contributed by atoms with Crippen LogP contribution < -0.4 is 10.6 Å².